The monoisotopic (exact) mass is 317 g/mol. The number of nitrogens with zero attached hydrogens (tertiary/aromatic N) is 3. The van der Waals surface area contributed by atoms with Crippen LogP contribution in [0.3, 0.4) is 0 Å². The first-order chi connectivity index (χ1) is 10.7. The molecule has 0 bridgehead atoms. The van der Waals surface area contributed by atoms with Crippen LogP contribution in [0.1, 0.15) is 19.3 Å². The van der Waals surface area contributed by atoms with Gasteiger partial charge in [-0.05, 0) is 55.4 Å². The number of amides is 1. The predicted molar refractivity (Wildman–Crippen MR) is 85.8 cm³/mol. The maximum Gasteiger partial charge on any atom is 0.225 e. The van der Waals surface area contributed by atoms with Crippen molar-refractivity contribution in [2.45, 2.75) is 35.4 Å². The molecule has 0 aliphatic carbocycles. The van der Waals surface area contributed by atoms with Crippen LogP contribution in [0.25, 0.3) is 0 Å². The third kappa shape index (κ3) is 3.86. The molecule has 7 heteroatoms. The highest BCUT2D eigenvalue weighted by Gasteiger charge is 2.17. The first-order valence-corrected chi connectivity index (χ1v) is 8.17. The summed E-state index contributed by atoms with van der Waals surface area (Å²) >= 11 is 1.54. The lowest BCUT2D eigenvalue weighted by Crippen LogP contribution is -2.27. The second-order valence-electron chi connectivity index (χ2n) is 5.40. The summed E-state index contributed by atoms with van der Waals surface area (Å²) in [5.74, 6) is 0.0631. The summed E-state index contributed by atoms with van der Waals surface area (Å²) in [5.41, 5.74) is 0.824. The van der Waals surface area contributed by atoms with Crippen LogP contribution in [-0.2, 0) is 11.8 Å². The van der Waals surface area contributed by atoms with Crippen LogP contribution >= 0.6 is 11.8 Å². The summed E-state index contributed by atoms with van der Waals surface area (Å²) in [4.78, 5) is 13.0. The molecule has 22 heavy (non-hydrogen) atoms. The fourth-order valence-corrected chi connectivity index (χ4v) is 3.21. The number of aromatic nitrogens is 3. The molecule has 1 amide bonds. The minimum Gasteiger partial charge on any atom is -0.326 e. The smallest absolute Gasteiger partial charge is 0.225 e. The highest BCUT2D eigenvalue weighted by Crippen LogP contribution is 2.26. The summed E-state index contributed by atoms with van der Waals surface area (Å²) in [6, 6.07) is 8.11. The molecule has 2 aromatic rings. The van der Waals surface area contributed by atoms with E-state index in [-0.39, 0.29) is 5.91 Å². The van der Waals surface area contributed by atoms with Gasteiger partial charge in [-0.2, -0.15) is 0 Å². The molecule has 1 fully saturated rings. The predicted octanol–water partition coefficient (Wildman–Crippen LogP) is 2.05. The number of carbonyl (C=O) groups is 1. The Morgan fingerprint density at radius 2 is 2.27 bits per heavy atom. The lowest BCUT2D eigenvalue weighted by molar-refractivity contribution is -0.116. The summed E-state index contributed by atoms with van der Waals surface area (Å²) in [5, 5.41) is 15.0. The maximum atomic E-state index is 12.0. The van der Waals surface area contributed by atoms with Gasteiger partial charge in [0.05, 0.1) is 0 Å². The van der Waals surface area contributed by atoms with Crippen LogP contribution in [0, 0.1) is 0 Å². The van der Waals surface area contributed by atoms with E-state index in [0.29, 0.717) is 12.5 Å². The van der Waals surface area contributed by atoms with E-state index in [1.807, 2.05) is 35.9 Å². The molecule has 1 aliphatic rings. The average Bonchev–Trinajstić information content (AvgIpc) is 3.14. The van der Waals surface area contributed by atoms with Crippen LogP contribution in [-0.4, -0.2) is 33.3 Å². The highest BCUT2D eigenvalue weighted by molar-refractivity contribution is 7.99. The van der Waals surface area contributed by atoms with Crippen LogP contribution in [0.15, 0.2) is 40.6 Å². The van der Waals surface area contributed by atoms with Crippen LogP contribution < -0.4 is 10.6 Å². The zero-order chi connectivity index (χ0) is 15.4. The van der Waals surface area contributed by atoms with Gasteiger partial charge in [0.2, 0.25) is 5.91 Å². The van der Waals surface area contributed by atoms with Gasteiger partial charge in [-0.25, -0.2) is 0 Å². The molecule has 0 saturated carbocycles. The molecule has 0 radical (unpaired) electrons. The van der Waals surface area contributed by atoms with Crippen LogP contribution in [0.4, 0.5) is 5.69 Å². The molecule has 2 N–H and O–H groups in total. The van der Waals surface area contributed by atoms with Gasteiger partial charge in [0, 0.05) is 30.1 Å². The molecule has 1 aromatic carbocycles. The number of nitrogens with one attached hydrogen (secondary N) is 2. The maximum absolute atomic E-state index is 12.0. The highest BCUT2D eigenvalue weighted by atomic mass is 32.2. The second kappa shape index (κ2) is 6.93. The number of aryl methyl sites for hydroxylation is 1. The Morgan fingerprint density at radius 3 is 2.91 bits per heavy atom. The Bertz CT molecular complexity index is 634. The second-order valence-corrected chi connectivity index (χ2v) is 6.44. The normalized spacial score (nSPS) is 17.6. The summed E-state index contributed by atoms with van der Waals surface area (Å²) < 4.78 is 1.87. The van der Waals surface area contributed by atoms with Gasteiger partial charge in [-0.1, -0.05) is 0 Å². The van der Waals surface area contributed by atoms with Gasteiger partial charge in [-0.3, -0.25) is 4.79 Å². The average molecular weight is 317 g/mol. The van der Waals surface area contributed by atoms with E-state index in [1.165, 1.54) is 0 Å². The Morgan fingerprint density at radius 1 is 1.45 bits per heavy atom. The van der Waals surface area contributed by atoms with Crippen molar-refractivity contribution in [1.82, 2.24) is 20.1 Å². The molecule has 3 rings (SSSR count). The van der Waals surface area contributed by atoms with Crippen LogP contribution in [0.2, 0.25) is 0 Å². The van der Waals surface area contributed by atoms with E-state index in [9.17, 15) is 4.79 Å². The van der Waals surface area contributed by atoms with Gasteiger partial charge < -0.3 is 15.2 Å². The number of hydrogen-bond donors (Lipinski definition) is 2. The summed E-state index contributed by atoms with van der Waals surface area (Å²) in [6.07, 6.45) is 4.45. The van der Waals surface area contributed by atoms with Crippen molar-refractivity contribution in [1.29, 1.82) is 0 Å². The number of hydrogen-bond acceptors (Lipinski definition) is 5. The van der Waals surface area contributed by atoms with E-state index in [0.717, 1.165) is 35.1 Å². The first kappa shape index (κ1) is 15.1. The lowest BCUT2D eigenvalue weighted by Gasteiger charge is -2.10. The third-order valence-electron chi connectivity index (χ3n) is 3.61. The Labute approximate surface area is 133 Å². The Kier molecular flexibility index (Phi) is 4.74. The van der Waals surface area contributed by atoms with E-state index >= 15 is 0 Å². The minimum absolute atomic E-state index is 0.0631. The number of anilines is 1. The standard InChI is InChI=1S/C15H19N5OS/c1-20-10-17-19-15(20)22-13-6-4-11(5-7-13)18-14(21)9-12-3-2-8-16-12/h4-7,10,12,16H,2-3,8-9H2,1H3,(H,18,21). The van der Waals surface area contributed by atoms with Crippen molar-refractivity contribution in [2.24, 2.45) is 7.05 Å². The fraction of sp³-hybridized carbons (Fsp3) is 0.400. The Balaban J connectivity index is 1.54. The fourth-order valence-electron chi connectivity index (χ4n) is 2.44. The number of benzene rings is 1. The zero-order valence-electron chi connectivity index (χ0n) is 12.5. The first-order valence-electron chi connectivity index (χ1n) is 7.36. The molecule has 6 nitrogen and oxygen atoms in total. The van der Waals surface area contributed by atoms with E-state index in [1.54, 1.807) is 18.1 Å². The lowest BCUT2D eigenvalue weighted by atomic mass is 10.1. The van der Waals surface area contributed by atoms with Crippen molar-refractivity contribution in [2.75, 3.05) is 11.9 Å². The topological polar surface area (TPSA) is 71.8 Å². The van der Waals surface area contributed by atoms with Crippen molar-refractivity contribution >= 4 is 23.4 Å². The summed E-state index contributed by atoms with van der Waals surface area (Å²) in [6.45, 7) is 1.02. The Hall–Kier alpha value is -1.86. The molecule has 1 aliphatic heterocycles. The molecular weight excluding hydrogens is 298 g/mol. The molecule has 0 spiro atoms. The van der Waals surface area contributed by atoms with E-state index < -0.39 is 0 Å². The van der Waals surface area contributed by atoms with E-state index in [2.05, 4.69) is 20.8 Å². The zero-order valence-corrected chi connectivity index (χ0v) is 13.3. The largest absolute Gasteiger partial charge is 0.326 e. The van der Waals surface area contributed by atoms with E-state index in [4.69, 9.17) is 0 Å². The molecule has 2 heterocycles. The molecule has 1 saturated heterocycles. The molecule has 1 atom stereocenters. The quantitative estimate of drug-likeness (QED) is 0.883. The third-order valence-corrected chi connectivity index (χ3v) is 4.67. The molecule has 116 valence electrons. The molecule has 1 unspecified atom stereocenters. The van der Waals surface area contributed by atoms with Gasteiger partial charge in [0.15, 0.2) is 5.16 Å². The number of carbonyl (C=O) groups excluding carboxylic acids is 1. The SMILES string of the molecule is Cn1cnnc1Sc1ccc(NC(=O)CC2CCCN2)cc1. The van der Waals surface area contributed by atoms with Gasteiger partial charge in [-0.15, -0.1) is 10.2 Å². The van der Waals surface area contributed by atoms with Gasteiger partial charge >= 0.3 is 0 Å². The van der Waals surface area contributed by atoms with Crippen molar-refractivity contribution in [3.8, 4) is 0 Å². The number of rotatable bonds is 5. The molecule has 1 aromatic heterocycles. The minimum atomic E-state index is 0.0631. The van der Waals surface area contributed by atoms with Crippen LogP contribution in [0.5, 0.6) is 0 Å². The van der Waals surface area contributed by atoms with Crippen molar-refractivity contribution in [3.05, 3.63) is 30.6 Å². The summed E-state index contributed by atoms with van der Waals surface area (Å²) in [7, 11) is 1.91. The van der Waals surface area contributed by atoms with Gasteiger partial charge in [0.1, 0.15) is 6.33 Å². The van der Waals surface area contributed by atoms with Crippen molar-refractivity contribution in [3.63, 3.8) is 0 Å². The molecular formula is C15H19N5OS. The van der Waals surface area contributed by atoms with Gasteiger partial charge in [0.25, 0.3) is 0 Å². The van der Waals surface area contributed by atoms with Crippen molar-refractivity contribution < 1.29 is 4.79 Å².